The summed E-state index contributed by atoms with van der Waals surface area (Å²) in [7, 11) is 0. The number of hydrogen-bond donors (Lipinski definition) is 2. The van der Waals surface area contributed by atoms with Gasteiger partial charge in [-0.3, -0.25) is 0 Å². The monoisotopic (exact) mass is 284 g/mol. The third-order valence-corrected chi connectivity index (χ3v) is 2.78. The smallest absolute Gasteiger partial charge is 0.211 e. The van der Waals surface area contributed by atoms with Gasteiger partial charge in [-0.1, -0.05) is 13.3 Å². The molecule has 114 valence electrons. The number of rotatable bonds is 8. The molecule has 1 rings (SSSR count). The fraction of sp³-hybridized carbons (Fsp3) is 0.600. The van der Waals surface area contributed by atoms with Gasteiger partial charge in [0.25, 0.3) is 0 Å². The number of aromatic hydroxyl groups is 2. The van der Waals surface area contributed by atoms with Crippen LogP contribution in [0.4, 0.5) is 0 Å². The van der Waals surface area contributed by atoms with Crippen molar-refractivity contribution in [1.29, 1.82) is 0 Å². The molecule has 0 radical (unpaired) electrons. The average Bonchev–Trinajstić information content (AvgIpc) is 2.44. The lowest BCUT2D eigenvalue weighted by atomic mass is 10.1. The first-order chi connectivity index (χ1) is 9.62. The highest BCUT2D eigenvalue weighted by molar-refractivity contribution is 5.69. The summed E-state index contributed by atoms with van der Waals surface area (Å²) in [4.78, 5) is 0. The lowest BCUT2D eigenvalue weighted by molar-refractivity contribution is 0.245. The first-order valence-corrected chi connectivity index (χ1v) is 7.11. The van der Waals surface area contributed by atoms with Crippen LogP contribution >= 0.6 is 0 Å². The van der Waals surface area contributed by atoms with E-state index in [1.54, 1.807) is 6.92 Å². The zero-order valence-corrected chi connectivity index (χ0v) is 12.7. The Kier molecular flexibility index (Phi) is 6.28. The number of phenols is 2. The minimum absolute atomic E-state index is 0.134. The second-order valence-corrected chi connectivity index (χ2v) is 4.21. The molecule has 0 atom stereocenters. The van der Waals surface area contributed by atoms with E-state index in [1.165, 1.54) is 0 Å². The topological polar surface area (TPSA) is 68.2 Å². The van der Waals surface area contributed by atoms with E-state index in [2.05, 4.69) is 0 Å². The number of phenolic OH excluding ortho intramolecular Hbond substituents is 2. The molecule has 5 nitrogen and oxygen atoms in total. The van der Waals surface area contributed by atoms with Crippen molar-refractivity contribution >= 4 is 0 Å². The van der Waals surface area contributed by atoms with Crippen LogP contribution in [0.3, 0.4) is 0 Å². The molecule has 0 aliphatic carbocycles. The molecule has 0 saturated carbocycles. The summed E-state index contributed by atoms with van der Waals surface area (Å²) in [5.74, 6) is 0.462. The highest BCUT2D eigenvalue weighted by atomic mass is 16.5. The van der Waals surface area contributed by atoms with Crippen molar-refractivity contribution in [2.45, 2.75) is 40.5 Å². The Bertz CT molecular complexity index is 402. The normalized spacial score (nSPS) is 10.4. The first kappa shape index (κ1) is 16.3. The quantitative estimate of drug-likeness (QED) is 0.717. The molecule has 1 aromatic rings. The van der Waals surface area contributed by atoms with E-state index < -0.39 is 0 Å². The van der Waals surface area contributed by atoms with Gasteiger partial charge in [-0.05, 0) is 27.2 Å². The molecule has 0 aliphatic rings. The summed E-state index contributed by atoms with van der Waals surface area (Å²) in [6.45, 7) is 8.69. The number of ether oxygens (including phenoxy) is 3. The Balaban J connectivity index is 3.53. The third-order valence-electron chi connectivity index (χ3n) is 2.78. The van der Waals surface area contributed by atoms with Gasteiger partial charge in [-0.25, -0.2) is 0 Å². The molecule has 5 heteroatoms. The highest BCUT2D eigenvalue weighted by Crippen LogP contribution is 2.53. The van der Waals surface area contributed by atoms with Crippen LogP contribution in [-0.4, -0.2) is 30.0 Å². The van der Waals surface area contributed by atoms with Crippen LogP contribution in [0.15, 0.2) is 0 Å². The summed E-state index contributed by atoms with van der Waals surface area (Å²) in [6, 6.07) is 0. The van der Waals surface area contributed by atoms with E-state index in [0.717, 1.165) is 6.42 Å². The minimum Gasteiger partial charge on any atom is -0.504 e. The molecular weight excluding hydrogens is 260 g/mol. The lowest BCUT2D eigenvalue weighted by Crippen LogP contribution is -2.05. The average molecular weight is 284 g/mol. The summed E-state index contributed by atoms with van der Waals surface area (Å²) in [6.07, 6.45) is 1.40. The van der Waals surface area contributed by atoms with E-state index in [4.69, 9.17) is 14.2 Å². The Morgan fingerprint density at radius 2 is 1.20 bits per heavy atom. The molecule has 20 heavy (non-hydrogen) atoms. The lowest BCUT2D eigenvalue weighted by Gasteiger charge is -2.20. The molecule has 0 fully saturated rings. The van der Waals surface area contributed by atoms with Gasteiger partial charge in [0.15, 0.2) is 11.5 Å². The molecule has 2 N–H and O–H groups in total. The zero-order valence-electron chi connectivity index (χ0n) is 12.7. The van der Waals surface area contributed by atoms with E-state index in [-0.39, 0.29) is 17.2 Å². The molecule has 0 aromatic heterocycles. The fourth-order valence-corrected chi connectivity index (χ4v) is 2.04. The van der Waals surface area contributed by atoms with Crippen LogP contribution in [0.25, 0.3) is 0 Å². The molecule has 0 saturated heterocycles. The van der Waals surface area contributed by atoms with E-state index in [0.29, 0.717) is 43.3 Å². The SMILES string of the molecule is CCCc1c(O)c(O)c(OCC)c(OCC)c1OCC. The van der Waals surface area contributed by atoms with Gasteiger partial charge in [0, 0.05) is 5.56 Å². The van der Waals surface area contributed by atoms with Crippen molar-refractivity contribution in [3.05, 3.63) is 5.56 Å². The minimum atomic E-state index is -0.290. The van der Waals surface area contributed by atoms with Gasteiger partial charge < -0.3 is 24.4 Å². The van der Waals surface area contributed by atoms with Crippen molar-refractivity contribution in [2.24, 2.45) is 0 Å². The fourth-order valence-electron chi connectivity index (χ4n) is 2.04. The van der Waals surface area contributed by atoms with E-state index in [9.17, 15) is 10.2 Å². The van der Waals surface area contributed by atoms with Crippen LogP contribution < -0.4 is 14.2 Å². The van der Waals surface area contributed by atoms with Gasteiger partial charge >= 0.3 is 0 Å². The zero-order chi connectivity index (χ0) is 15.1. The molecule has 0 heterocycles. The number of benzene rings is 1. The van der Waals surface area contributed by atoms with Crippen LogP contribution in [0.2, 0.25) is 0 Å². The molecule has 0 spiro atoms. The van der Waals surface area contributed by atoms with Crippen LogP contribution in [0, 0.1) is 0 Å². The molecule has 0 bridgehead atoms. The van der Waals surface area contributed by atoms with Gasteiger partial charge in [0.1, 0.15) is 0 Å². The standard InChI is InChI=1S/C15H24O5/c1-5-9-10-11(16)12(17)14(19-7-3)15(20-8-4)13(10)18-6-2/h16-17H,5-9H2,1-4H3. The van der Waals surface area contributed by atoms with Crippen LogP contribution in [0.1, 0.15) is 39.7 Å². The summed E-state index contributed by atoms with van der Waals surface area (Å²) in [5, 5.41) is 20.3. The van der Waals surface area contributed by atoms with Crippen molar-refractivity contribution in [3.63, 3.8) is 0 Å². The summed E-state index contributed by atoms with van der Waals surface area (Å²) >= 11 is 0. The third kappa shape index (κ3) is 3.21. The Labute approximate surface area is 120 Å². The first-order valence-electron chi connectivity index (χ1n) is 7.11. The van der Waals surface area contributed by atoms with Crippen molar-refractivity contribution in [1.82, 2.24) is 0 Å². The second-order valence-electron chi connectivity index (χ2n) is 4.21. The Hall–Kier alpha value is -1.78. The van der Waals surface area contributed by atoms with Crippen molar-refractivity contribution in [2.75, 3.05) is 19.8 Å². The predicted molar refractivity (Wildman–Crippen MR) is 77.3 cm³/mol. The van der Waals surface area contributed by atoms with Gasteiger partial charge in [-0.15, -0.1) is 0 Å². The van der Waals surface area contributed by atoms with Crippen molar-refractivity contribution < 1.29 is 24.4 Å². The molecule has 0 aliphatic heterocycles. The second kappa shape index (κ2) is 7.72. The Morgan fingerprint density at radius 1 is 0.700 bits per heavy atom. The van der Waals surface area contributed by atoms with E-state index in [1.807, 2.05) is 20.8 Å². The number of hydrogen-bond acceptors (Lipinski definition) is 5. The molecule has 1 aromatic carbocycles. The largest absolute Gasteiger partial charge is 0.504 e. The predicted octanol–water partition coefficient (Wildman–Crippen LogP) is 3.25. The molecule has 0 amide bonds. The summed E-state index contributed by atoms with van der Waals surface area (Å²) in [5.41, 5.74) is 0.554. The van der Waals surface area contributed by atoms with Gasteiger partial charge in [-0.2, -0.15) is 0 Å². The molecular formula is C15H24O5. The van der Waals surface area contributed by atoms with E-state index >= 15 is 0 Å². The Morgan fingerprint density at radius 3 is 1.70 bits per heavy atom. The maximum Gasteiger partial charge on any atom is 0.211 e. The maximum atomic E-state index is 10.2. The van der Waals surface area contributed by atoms with Crippen LogP contribution in [-0.2, 0) is 6.42 Å². The molecule has 0 unspecified atom stereocenters. The summed E-state index contributed by atoms with van der Waals surface area (Å²) < 4.78 is 16.6. The maximum absolute atomic E-state index is 10.2. The van der Waals surface area contributed by atoms with Gasteiger partial charge in [0.05, 0.1) is 19.8 Å². The van der Waals surface area contributed by atoms with Gasteiger partial charge in [0.2, 0.25) is 17.2 Å². The van der Waals surface area contributed by atoms with Crippen LogP contribution in [0.5, 0.6) is 28.7 Å². The van der Waals surface area contributed by atoms with Crippen molar-refractivity contribution in [3.8, 4) is 28.7 Å². The highest BCUT2D eigenvalue weighted by Gasteiger charge is 2.26.